The Kier molecular flexibility index (Phi) is 4.68. The Bertz CT molecular complexity index is 286. The number of halogens is 1. The van der Waals surface area contributed by atoms with E-state index in [1.807, 2.05) is 0 Å². The quantitative estimate of drug-likeness (QED) is 0.522. The number of rotatable bonds is 4. The second kappa shape index (κ2) is 5.56. The second-order valence-corrected chi connectivity index (χ2v) is 5.02. The maximum atomic E-state index is 5.60. The van der Waals surface area contributed by atoms with Crippen molar-refractivity contribution in [2.75, 3.05) is 11.5 Å². The number of hydrogen-bond donors (Lipinski definition) is 1. The zero-order valence-electron chi connectivity index (χ0n) is 8.33. The molecule has 0 aliphatic heterocycles. The smallest absolute Gasteiger partial charge is 0.190 e. The summed E-state index contributed by atoms with van der Waals surface area (Å²) in [5.41, 5.74) is 5.60. The van der Waals surface area contributed by atoms with Crippen LogP contribution in [0.4, 0.5) is 5.82 Å². The largest absolute Gasteiger partial charge is 0.384 e. The third kappa shape index (κ3) is 3.84. The summed E-state index contributed by atoms with van der Waals surface area (Å²) in [6.45, 7) is 4.40. The van der Waals surface area contributed by atoms with E-state index in [2.05, 4.69) is 39.7 Å². The minimum absolute atomic E-state index is 0.513. The molecule has 0 radical (unpaired) electrons. The molecule has 1 unspecified atom stereocenters. The molecule has 1 aromatic heterocycles. The lowest BCUT2D eigenvalue weighted by atomic mass is 10.2. The summed E-state index contributed by atoms with van der Waals surface area (Å²) in [5, 5.41) is 0.747. The lowest BCUT2D eigenvalue weighted by Crippen LogP contribution is -1.99. The number of thioether (sulfide) groups is 1. The van der Waals surface area contributed by atoms with Crippen molar-refractivity contribution in [3.05, 3.63) is 10.7 Å². The van der Waals surface area contributed by atoms with Gasteiger partial charge in [0.15, 0.2) is 5.16 Å². The highest BCUT2D eigenvalue weighted by Crippen LogP contribution is 2.21. The molecule has 0 saturated carbocycles. The summed E-state index contributed by atoms with van der Waals surface area (Å²) in [5.74, 6) is 2.23. The van der Waals surface area contributed by atoms with E-state index < -0.39 is 0 Å². The summed E-state index contributed by atoms with van der Waals surface area (Å²) >= 11 is 4.94. The van der Waals surface area contributed by atoms with Crippen LogP contribution >= 0.6 is 27.7 Å². The van der Waals surface area contributed by atoms with Crippen LogP contribution < -0.4 is 5.73 Å². The molecule has 0 aromatic carbocycles. The first-order valence-corrected chi connectivity index (χ1v) is 6.32. The molecule has 78 valence electrons. The molecule has 0 saturated heterocycles. The molecule has 3 nitrogen and oxygen atoms in total. The molecule has 5 heteroatoms. The van der Waals surface area contributed by atoms with E-state index >= 15 is 0 Å². The Balaban J connectivity index is 2.58. The summed E-state index contributed by atoms with van der Waals surface area (Å²) in [4.78, 5) is 8.37. The molecule has 14 heavy (non-hydrogen) atoms. The number of nitrogens with two attached hydrogens (primary N) is 1. The second-order valence-electron chi connectivity index (χ2n) is 3.22. The van der Waals surface area contributed by atoms with Gasteiger partial charge in [-0.25, -0.2) is 9.97 Å². The molecular weight excluding hydrogens is 262 g/mol. The molecule has 1 rings (SSSR count). The first-order chi connectivity index (χ1) is 6.61. The van der Waals surface area contributed by atoms with Crippen LogP contribution in [0.2, 0.25) is 0 Å². The van der Waals surface area contributed by atoms with Gasteiger partial charge >= 0.3 is 0 Å². The highest BCUT2D eigenvalue weighted by atomic mass is 79.9. The van der Waals surface area contributed by atoms with Crippen LogP contribution in [-0.4, -0.2) is 15.7 Å². The first-order valence-electron chi connectivity index (χ1n) is 4.54. The molecule has 0 spiro atoms. The number of hydrogen-bond acceptors (Lipinski definition) is 4. The molecule has 0 fully saturated rings. The van der Waals surface area contributed by atoms with Gasteiger partial charge in [0, 0.05) is 11.8 Å². The standard InChI is InChI=1S/C9H14BrN3S/c1-3-6(2)5-14-9-12-7(10)4-8(11)13-9/h4,6H,3,5H2,1-2H3,(H2,11,12,13). The number of anilines is 1. The Morgan fingerprint density at radius 3 is 2.86 bits per heavy atom. The van der Waals surface area contributed by atoms with E-state index in [1.165, 1.54) is 6.42 Å². The summed E-state index contributed by atoms with van der Waals surface area (Å²) in [7, 11) is 0. The van der Waals surface area contributed by atoms with E-state index in [9.17, 15) is 0 Å². The summed E-state index contributed by atoms with van der Waals surface area (Å²) < 4.78 is 0.747. The first kappa shape index (κ1) is 11.8. The van der Waals surface area contributed by atoms with Gasteiger partial charge in [0.2, 0.25) is 0 Å². The Morgan fingerprint density at radius 2 is 2.29 bits per heavy atom. The van der Waals surface area contributed by atoms with Gasteiger partial charge in [0.25, 0.3) is 0 Å². The van der Waals surface area contributed by atoms with Gasteiger partial charge in [-0.2, -0.15) is 0 Å². The fourth-order valence-electron chi connectivity index (χ4n) is 0.813. The van der Waals surface area contributed by atoms with E-state index in [0.29, 0.717) is 11.7 Å². The van der Waals surface area contributed by atoms with Crippen molar-refractivity contribution in [2.45, 2.75) is 25.4 Å². The minimum atomic E-state index is 0.513. The molecule has 0 aliphatic rings. The maximum absolute atomic E-state index is 5.60. The van der Waals surface area contributed by atoms with E-state index in [0.717, 1.165) is 15.5 Å². The van der Waals surface area contributed by atoms with Crippen molar-refractivity contribution >= 4 is 33.5 Å². The van der Waals surface area contributed by atoms with Crippen molar-refractivity contribution in [1.29, 1.82) is 0 Å². The van der Waals surface area contributed by atoms with E-state index in [1.54, 1.807) is 17.8 Å². The van der Waals surface area contributed by atoms with Crippen LogP contribution in [0.1, 0.15) is 20.3 Å². The summed E-state index contributed by atoms with van der Waals surface area (Å²) in [6.07, 6.45) is 1.18. The average molecular weight is 276 g/mol. The molecule has 2 N–H and O–H groups in total. The van der Waals surface area contributed by atoms with Crippen LogP contribution in [0.5, 0.6) is 0 Å². The topological polar surface area (TPSA) is 51.8 Å². The van der Waals surface area contributed by atoms with Crippen molar-refractivity contribution in [3.8, 4) is 0 Å². The molecule has 1 heterocycles. The van der Waals surface area contributed by atoms with E-state index in [4.69, 9.17) is 5.73 Å². The third-order valence-corrected chi connectivity index (χ3v) is 3.47. The third-order valence-electron chi connectivity index (χ3n) is 1.89. The van der Waals surface area contributed by atoms with Gasteiger partial charge in [-0.05, 0) is 21.8 Å². The minimum Gasteiger partial charge on any atom is -0.384 e. The number of nitrogens with zero attached hydrogens (tertiary/aromatic N) is 2. The molecule has 0 amide bonds. The van der Waals surface area contributed by atoms with Crippen LogP contribution in [-0.2, 0) is 0 Å². The fourth-order valence-corrected chi connectivity index (χ4v) is 2.33. The Morgan fingerprint density at radius 1 is 1.57 bits per heavy atom. The van der Waals surface area contributed by atoms with Crippen LogP contribution in [0.15, 0.2) is 15.8 Å². The van der Waals surface area contributed by atoms with Crippen molar-refractivity contribution < 1.29 is 0 Å². The highest BCUT2D eigenvalue weighted by molar-refractivity contribution is 9.10. The highest BCUT2D eigenvalue weighted by Gasteiger charge is 2.04. The van der Waals surface area contributed by atoms with Gasteiger partial charge in [-0.1, -0.05) is 32.0 Å². The van der Waals surface area contributed by atoms with Crippen molar-refractivity contribution in [2.24, 2.45) is 5.92 Å². The van der Waals surface area contributed by atoms with Gasteiger partial charge in [-0.3, -0.25) is 0 Å². The van der Waals surface area contributed by atoms with Crippen molar-refractivity contribution in [3.63, 3.8) is 0 Å². The molecule has 0 bridgehead atoms. The number of nitrogen functional groups attached to an aromatic ring is 1. The Hall–Kier alpha value is -0.290. The van der Waals surface area contributed by atoms with Crippen LogP contribution in [0, 0.1) is 5.92 Å². The van der Waals surface area contributed by atoms with Gasteiger partial charge in [0.1, 0.15) is 10.4 Å². The van der Waals surface area contributed by atoms with E-state index in [-0.39, 0.29) is 0 Å². The van der Waals surface area contributed by atoms with Crippen molar-refractivity contribution in [1.82, 2.24) is 9.97 Å². The van der Waals surface area contributed by atoms with Gasteiger partial charge in [-0.15, -0.1) is 0 Å². The summed E-state index contributed by atoms with van der Waals surface area (Å²) in [6, 6.07) is 1.70. The van der Waals surface area contributed by atoms with Gasteiger partial charge in [0.05, 0.1) is 0 Å². The molecule has 1 atom stereocenters. The predicted octanol–water partition coefficient (Wildman–Crippen LogP) is 2.96. The lowest BCUT2D eigenvalue weighted by molar-refractivity contribution is 0.636. The average Bonchev–Trinajstić information content (AvgIpc) is 2.12. The lowest BCUT2D eigenvalue weighted by Gasteiger charge is -2.06. The monoisotopic (exact) mass is 275 g/mol. The molecule has 1 aromatic rings. The van der Waals surface area contributed by atoms with Gasteiger partial charge < -0.3 is 5.73 Å². The maximum Gasteiger partial charge on any atom is 0.190 e. The molecular formula is C9H14BrN3S. The van der Waals surface area contributed by atoms with Crippen LogP contribution in [0.3, 0.4) is 0 Å². The molecule has 0 aliphatic carbocycles. The fraction of sp³-hybridized carbons (Fsp3) is 0.556. The predicted molar refractivity (Wildman–Crippen MR) is 64.3 cm³/mol. The SMILES string of the molecule is CCC(C)CSc1nc(N)cc(Br)n1. The van der Waals surface area contributed by atoms with Crippen LogP contribution in [0.25, 0.3) is 0 Å². The number of aromatic nitrogens is 2. The normalized spacial score (nSPS) is 12.8. The Labute approximate surface area is 97.0 Å². The zero-order chi connectivity index (χ0) is 10.6. The zero-order valence-corrected chi connectivity index (χ0v) is 10.7.